The molecule has 4 nitrogen and oxygen atoms in total. The fourth-order valence-corrected chi connectivity index (χ4v) is 3.54. The molecule has 5 heteroatoms. The molecule has 0 amide bonds. The number of hydrogen-bond donors (Lipinski definition) is 1. The second-order valence-electron chi connectivity index (χ2n) is 5.33. The van der Waals surface area contributed by atoms with Crippen LogP contribution in [0.25, 0.3) is 0 Å². The van der Waals surface area contributed by atoms with Crippen LogP contribution >= 0.6 is 11.6 Å². The van der Waals surface area contributed by atoms with Crippen LogP contribution in [0.5, 0.6) is 0 Å². The maximum Gasteiger partial charge on any atom is 0.153 e. The van der Waals surface area contributed by atoms with Gasteiger partial charge in [-0.25, -0.2) is 4.98 Å². The summed E-state index contributed by atoms with van der Waals surface area (Å²) in [6.07, 6.45) is 2.53. The van der Waals surface area contributed by atoms with Crippen molar-refractivity contribution in [3.8, 4) is 0 Å². The van der Waals surface area contributed by atoms with Crippen LogP contribution in [0.4, 0.5) is 0 Å². The molecule has 1 aromatic heterocycles. The summed E-state index contributed by atoms with van der Waals surface area (Å²) >= 11 is 6.20. The Morgan fingerprint density at radius 1 is 1.39 bits per heavy atom. The number of imidazole rings is 1. The average Bonchev–Trinajstić information content (AvgIpc) is 2.94. The number of aliphatic hydroxyl groups is 1. The molecule has 3 rings (SSSR count). The van der Waals surface area contributed by atoms with Gasteiger partial charge in [0.05, 0.1) is 11.8 Å². The van der Waals surface area contributed by atoms with E-state index in [9.17, 15) is 5.11 Å². The van der Waals surface area contributed by atoms with Gasteiger partial charge in [0, 0.05) is 19.0 Å². The fraction of sp³-hybridized carbons (Fsp3) is 0.769. The van der Waals surface area contributed by atoms with Crippen LogP contribution in [0.3, 0.4) is 0 Å². The van der Waals surface area contributed by atoms with Crippen molar-refractivity contribution < 1.29 is 5.11 Å². The summed E-state index contributed by atoms with van der Waals surface area (Å²) < 4.78 is 2.17. The highest BCUT2D eigenvalue weighted by atomic mass is 35.5. The third-order valence-corrected chi connectivity index (χ3v) is 4.53. The van der Waals surface area contributed by atoms with Crippen molar-refractivity contribution in [2.24, 2.45) is 0 Å². The summed E-state index contributed by atoms with van der Waals surface area (Å²) in [5.41, 5.74) is 0.841. The van der Waals surface area contributed by atoms with Crippen LogP contribution in [0, 0.1) is 0 Å². The lowest BCUT2D eigenvalue weighted by Gasteiger charge is -2.23. The van der Waals surface area contributed by atoms with Gasteiger partial charge in [0.25, 0.3) is 0 Å². The average molecular weight is 270 g/mol. The van der Waals surface area contributed by atoms with Crippen molar-refractivity contribution in [2.45, 2.75) is 44.8 Å². The largest absolute Gasteiger partial charge is 0.387 e. The minimum absolute atomic E-state index is 0.434. The van der Waals surface area contributed by atoms with Crippen molar-refractivity contribution in [2.75, 3.05) is 19.6 Å². The Morgan fingerprint density at radius 2 is 2.22 bits per heavy atom. The predicted octanol–water partition coefficient (Wildman–Crippen LogP) is 2.17. The third kappa shape index (κ3) is 1.96. The first kappa shape index (κ1) is 12.5. The highest BCUT2D eigenvalue weighted by molar-refractivity contribution is 6.30. The van der Waals surface area contributed by atoms with E-state index in [0.29, 0.717) is 11.1 Å². The molecule has 0 bridgehead atoms. The molecule has 1 fully saturated rings. The molecule has 2 unspecified atom stereocenters. The zero-order valence-electron chi connectivity index (χ0n) is 10.8. The van der Waals surface area contributed by atoms with Gasteiger partial charge in [-0.3, -0.25) is 0 Å². The minimum atomic E-state index is -0.434. The van der Waals surface area contributed by atoms with E-state index in [1.165, 1.54) is 0 Å². The van der Waals surface area contributed by atoms with Gasteiger partial charge in [-0.05, 0) is 32.4 Å². The summed E-state index contributed by atoms with van der Waals surface area (Å²) in [5.74, 6) is 1.56. The molecule has 0 aliphatic carbocycles. The Bertz CT molecular complexity index is 446. The molecule has 1 aromatic rings. The first-order valence-electron chi connectivity index (χ1n) is 6.87. The summed E-state index contributed by atoms with van der Waals surface area (Å²) in [4.78, 5) is 6.98. The van der Waals surface area contributed by atoms with Gasteiger partial charge >= 0.3 is 0 Å². The minimum Gasteiger partial charge on any atom is -0.387 e. The van der Waals surface area contributed by atoms with Crippen molar-refractivity contribution in [3.63, 3.8) is 0 Å². The zero-order valence-corrected chi connectivity index (χ0v) is 11.5. The van der Waals surface area contributed by atoms with Crippen LogP contribution in [0.2, 0.25) is 5.15 Å². The van der Waals surface area contributed by atoms with Crippen molar-refractivity contribution >= 4 is 11.6 Å². The number of likely N-dealkylation sites (tertiary alicyclic amines) is 1. The van der Waals surface area contributed by atoms with Gasteiger partial charge in [0.2, 0.25) is 0 Å². The third-order valence-electron chi connectivity index (χ3n) is 4.25. The smallest absolute Gasteiger partial charge is 0.153 e. The van der Waals surface area contributed by atoms with E-state index in [1.807, 2.05) is 0 Å². The van der Waals surface area contributed by atoms with Crippen molar-refractivity contribution in [3.05, 3.63) is 16.7 Å². The number of likely N-dealkylation sites (N-methyl/N-ethyl adjacent to an activating group) is 1. The topological polar surface area (TPSA) is 41.3 Å². The van der Waals surface area contributed by atoms with E-state index in [1.54, 1.807) is 0 Å². The lowest BCUT2D eigenvalue weighted by atomic mass is 10.1. The van der Waals surface area contributed by atoms with Gasteiger partial charge < -0.3 is 14.6 Å². The molecule has 3 heterocycles. The SMILES string of the molecule is CCN1CCC(c2nc(Cl)c3n2CCCC3O)C1. The predicted molar refractivity (Wildman–Crippen MR) is 70.9 cm³/mol. The molecule has 0 aromatic carbocycles. The fourth-order valence-electron chi connectivity index (χ4n) is 3.23. The number of nitrogens with zero attached hydrogens (tertiary/aromatic N) is 3. The molecular weight excluding hydrogens is 250 g/mol. The molecule has 1 N–H and O–H groups in total. The summed E-state index contributed by atoms with van der Waals surface area (Å²) in [6, 6.07) is 0. The lowest BCUT2D eigenvalue weighted by Crippen LogP contribution is -2.22. The first-order chi connectivity index (χ1) is 8.70. The Labute approximate surface area is 113 Å². The van der Waals surface area contributed by atoms with Crippen LogP contribution in [-0.4, -0.2) is 39.2 Å². The Balaban J connectivity index is 1.92. The Kier molecular flexibility index (Phi) is 3.34. The van der Waals surface area contributed by atoms with Crippen molar-refractivity contribution in [1.82, 2.24) is 14.5 Å². The lowest BCUT2D eigenvalue weighted by molar-refractivity contribution is 0.138. The van der Waals surface area contributed by atoms with E-state index in [2.05, 4.69) is 21.4 Å². The highest BCUT2D eigenvalue weighted by Crippen LogP contribution is 2.36. The maximum atomic E-state index is 10.0. The summed E-state index contributed by atoms with van der Waals surface area (Å²) in [5, 5.41) is 10.5. The van der Waals surface area contributed by atoms with Gasteiger partial charge in [0.15, 0.2) is 5.15 Å². The standard InChI is InChI=1S/C13H20ClN3O/c1-2-16-7-5-9(8-16)13-15-12(14)11-10(18)4-3-6-17(11)13/h9-10,18H,2-8H2,1H3. The molecule has 0 radical (unpaired) electrons. The van der Waals surface area contributed by atoms with E-state index in [-0.39, 0.29) is 0 Å². The second kappa shape index (κ2) is 4.83. The van der Waals surface area contributed by atoms with E-state index in [4.69, 9.17) is 11.6 Å². The molecule has 2 atom stereocenters. The van der Waals surface area contributed by atoms with Gasteiger partial charge in [-0.1, -0.05) is 18.5 Å². The van der Waals surface area contributed by atoms with Gasteiger partial charge in [-0.2, -0.15) is 0 Å². The monoisotopic (exact) mass is 269 g/mol. The van der Waals surface area contributed by atoms with E-state index >= 15 is 0 Å². The number of fused-ring (bicyclic) bond motifs is 1. The number of rotatable bonds is 2. The Morgan fingerprint density at radius 3 is 2.94 bits per heavy atom. The number of aromatic nitrogens is 2. The first-order valence-corrected chi connectivity index (χ1v) is 7.24. The summed E-state index contributed by atoms with van der Waals surface area (Å²) in [7, 11) is 0. The molecule has 2 aliphatic heterocycles. The molecule has 0 saturated carbocycles. The summed E-state index contributed by atoms with van der Waals surface area (Å²) in [6.45, 7) is 6.45. The molecule has 1 saturated heterocycles. The van der Waals surface area contributed by atoms with Crippen molar-refractivity contribution in [1.29, 1.82) is 0 Å². The molecule has 0 spiro atoms. The highest BCUT2D eigenvalue weighted by Gasteiger charge is 2.32. The van der Waals surface area contributed by atoms with Crippen LogP contribution in [0.1, 0.15) is 49.7 Å². The zero-order chi connectivity index (χ0) is 12.7. The van der Waals surface area contributed by atoms with Crippen LogP contribution in [0.15, 0.2) is 0 Å². The molecule has 18 heavy (non-hydrogen) atoms. The molecule has 2 aliphatic rings. The number of hydrogen-bond acceptors (Lipinski definition) is 3. The maximum absolute atomic E-state index is 10.0. The number of aliphatic hydroxyl groups excluding tert-OH is 1. The quantitative estimate of drug-likeness (QED) is 0.895. The number of halogens is 1. The van der Waals surface area contributed by atoms with Gasteiger partial charge in [-0.15, -0.1) is 0 Å². The molecular formula is C13H20ClN3O. The van der Waals surface area contributed by atoms with Crippen LogP contribution in [-0.2, 0) is 6.54 Å². The normalized spacial score (nSPS) is 28.6. The van der Waals surface area contributed by atoms with Gasteiger partial charge in [0.1, 0.15) is 5.82 Å². The van der Waals surface area contributed by atoms with E-state index < -0.39 is 6.10 Å². The molecule has 100 valence electrons. The van der Waals surface area contributed by atoms with E-state index in [0.717, 1.165) is 57.0 Å². The second-order valence-corrected chi connectivity index (χ2v) is 5.69. The Hall–Kier alpha value is -0.580. The van der Waals surface area contributed by atoms with Crippen LogP contribution < -0.4 is 0 Å².